The third-order valence-corrected chi connectivity index (χ3v) is 13.4. The third-order valence-electron chi connectivity index (χ3n) is 11.1. The van der Waals surface area contributed by atoms with Crippen molar-refractivity contribution in [3.05, 3.63) is 211 Å². The van der Waals surface area contributed by atoms with Crippen molar-refractivity contribution in [2.45, 2.75) is 0 Å². The van der Waals surface area contributed by atoms with E-state index in [1.54, 1.807) is 0 Å². The van der Waals surface area contributed by atoms with Crippen LogP contribution in [0.1, 0.15) is 16.7 Å². The van der Waals surface area contributed by atoms with Gasteiger partial charge in [-0.15, -0.1) is 22.7 Å². The predicted molar refractivity (Wildman–Crippen MR) is 249 cm³/mol. The summed E-state index contributed by atoms with van der Waals surface area (Å²) in [6.07, 6.45) is 6.34. The molecule has 11 rings (SSSR count). The van der Waals surface area contributed by atoms with Crippen molar-refractivity contribution in [2.24, 2.45) is 0 Å². The summed E-state index contributed by atoms with van der Waals surface area (Å²) >= 11 is 3.71. The van der Waals surface area contributed by atoms with Gasteiger partial charge in [0.1, 0.15) is 0 Å². The molecule has 1 N–H and O–H groups in total. The van der Waals surface area contributed by atoms with Crippen LogP contribution in [0.3, 0.4) is 0 Å². The predicted octanol–water partition coefficient (Wildman–Crippen LogP) is 15.4. The molecule has 8 aromatic carbocycles. The van der Waals surface area contributed by atoms with Gasteiger partial charge < -0.3 is 9.98 Å². The molecule has 0 atom stereocenters. The number of hydrogen-bond acceptors (Lipinski definition) is 3. The van der Waals surface area contributed by atoms with E-state index in [-0.39, 0.29) is 0 Å². The van der Waals surface area contributed by atoms with E-state index in [4.69, 9.17) is 0 Å². The molecule has 2 nitrogen and oxygen atoms in total. The van der Waals surface area contributed by atoms with Gasteiger partial charge >= 0.3 is 0 Å². The summed E-state index contributed by atoms with van der Waals surface area (Å²) in [6, 6.07) is 64.9. The van der Waals surface area contributed by atoms with Crippen molar-refractivity contribution >= 4 is 102 Å². The molecule has 3 aromatic heterocycles. The Bertz CT molecular complexity index is 3410. The summed E-state index contributed by atoms with van der Waals surface area (Å²) < 4.78 is 7.59. The molecule has 0 fully saturated rings. The zero-order chi connectivity index (χ0) is 37.9. The van der Waals surface area contributed by atoms with Crippen LogP contribution in [0, 0.1) is 5.41 Å². The fourth-order valence-electron chi connectivity index (χ4n) is 8.31. The first-order valence-corrected chi connectivity index (χ1v) is 20.8. The Morgan fingerprint density at radius 2 is 1.14 bits per heavy atom. The Morgan fingerprint density at radius 1 is 0.474 bits per heavy atom. The van der Waals surface area contributed by atoms with Crippen molar-refractivity contribution < 1.29 is 0 Å². The Morgan fingerprint density at radius 3 is 1.96 bits per heavy atom. The Kier molecular flexibility index (Phi) is 8.06. The maximum Gasteiger partial charge on any atom is 0.0618 e. The lowest BCUT2D eigenvalue weighted by atomic mass is 9.96. The molecular weight excluding hydrogens is 729 g/mol. The van der Waals surface area contributed by atoms with Gasteiger partial charge in [-0.1, -0.05) is 146 Å². The number of rotatable bonds is 7. The first-order valence-electron chi connectivity index (χ1n) is 19.2. The van der Waals surface area contributed by atoms with Crippen LogP contribution in [0.5, 0.6) is 0 Å². The van der Waals surface area contributed by atoms with Gasteiger partial charge in [-0.3, -0.25) is 0 Å². The van der Waals surface area contributed by atoms with Crippen molar-refractivity contribution in [3.63, 3.8) is 0 Å². The molecule has 0 bridgehead atoms. The molecule has 0 aliphatic rings. The molecule has 0 unspecified atom stereocenters. The lowest BCUT2D eigenvalue weighted by Gasteiger charge is -2.10. The zero-order valence-electron chi connectivity index (χ0n) is 30.8. The molecular formula is C53H34N2S2. The summed E-state index contributed by atoms with van der Waals surface area (Å²) in [6.45, 7) is 0. The van der Waals surface area contributed by atoms with Gasteiger partial charge in [0.25, 0.3) is 0 Å². The van der Waals surface area contributed by atoms with Crippen LogP contribution in [0.15, 0.2) is 194 Å². The van der Waals surface area contributed by atoms with E-state index in [1.807, 2.05) is 34.8 Å². The summed E-state index contributed by atoms with van der Waals surface area (Å²) in [7, 11) is 0. The topological polar surface area (TPSA) is 28.8 Å². The van der Waals surface area contributed by atoms with Gasteiger partial charge in [-0.2, -0.15) is 0 Å². The number of hydrogen-bond donors (Lipinski definition) is 1. The van der Waals surface area contributed by atoms with E-state index in [9.17, 15) is 5.41 Å². The van der Waals surface area contributed by atoms with Gasteiger partial charge in [0.05, 0.1) is 16.7 Å². The molecule has 0 saturated carbocycles. The highest BCUT2D eigenvalue weighted by molar-refractivity contribution is 7.27. The highest BCUT2D eigenvalue weighted by Gasteiger charge is 2.17. The van der Waals surface area contributed by atoms with Crippen LogP contribution < -0.4 is 0 Å². The molecule has 268 valence electrons. The average molecular weight is 763 g/mol. The Hall–Kier alpha value is -6.85. The summed E-state index contributed by atoms with van der Waals surface area (Å²) in [4.78, 5) is 0. The highest BCUT2D eigenvalue weighted by Crippen LogP contribution is 2.43. The van der Waals surface area contributed by atoms with E-state index < -0.39 is 0 Å². The molecule has 0 aliphatic carbocycles. The van der Waals surface area contributed by atoms with E-state index in [1.165, 1.54) is 67.7 Å². The minimum atomic E-state index is 0.459. The first kappa shape index (κ1) is 33.5. The highest BCUT2D eigenvalue weighted by atomic mass is 32.1. The molecule has 0 aliphatic heterocycles. The number of thiophene rings is 2. The van der Waals surface area contributed by atoms with Crippen LogP contribution in [0.2, 0.25) is 0 Å². The monoisotopic (exact) mass is 762 g/mol. The molecule has 4 heteroatoms. The normalized spacial score (nSPS) is 12.3. The molecule has 0 radical (unpaired) electrons. The van der Waals surface area contributed by atoms with E-state index in [0.29, 0.717) is 5.71 Å². The third kappa shape index (κ3) is 5.81. The molecule has 0 saturated heterocycles. The second-order valence-electron chi connectivity index (χ2n) is 14.5. The van der Waals surface area contributed by atoms with Gasteiger partial charge in [-0.25, -0.2) is 0 Å². The van der Waals surface area contributed by atoms with Gasteiger partial charge in [0.2, 0.25) is 0 Å². The van der Waals surface area contributed by atoms with Crippen LogP contribution in [-0.4, -0.2) is 10.3 Å². The lowest BCUT2D eigenvalue weighted by Crippen LogP contribution is -1.99. The minimum Gasteiger partial charge on any atom is -0.309 e. The number of benzene rings is 8. The number of fused-ring (bicyclic) bond motifs is 10. The van der Waals surface area contributed by atoms with E-state index in [0.717, 1.165) is 33.5 Å². The van der Waals surface area contributed by atoms with Crippen LogP contribution in [0.4, 0.5) is 0 Å². The van der Waals surface area contributed by atoms with Crippen molar-refractivity contribution in [1.82, 2.24) is 4.57 Å². The van der Waals surface area contributed by atoms with Gasteiger partial charge in [0.15, 0.2) is 0 Å². The summed E-state index contributed by atoms with van der Waals surface area (Å²) in [5.41, 5.74) is 10.3. The number of aromatic nitrogens is 1. The van der Waals surface area contributed by atoms with Crippen LogP contribution in [-0.2, 0) is 0 Å². The molecule has 11 aromatic rings. The van der Waals surface area contributed by atoms with Crippen molar-refractivity contribution in [3.8, 4) is 16.8 Å². The molecule has 57 heavy (non-hydrogen) atoms. The fraction of sp³-hybridized carbons (Fsp3) is 0. The number of allylic oxidation sites excluding steroid dienone is 3. The molecule has 3 heterocycles. The number of nitrogens with zero attached hydrogens (tertiary/aromatic N) is 1. The SMILES string of the molecule is N=C(/C=C(\C=C\c1ccc2c(c1)sc1ccccc12)c1cccc(-c2ccccc2)c1)c1ccc(-n2c3ccccc3c3c4sc5ccccc5c4ccc32)cc1. The quantitative estimate of drug-likeness (QED) is 0.124. The first-order chi connectivity index (χ1) is 28.2. The second-order valence-corrected chi connectivity index (χ2v) is 16.6. The maximum absolute atomic E-state index is 9.42. The Balaban J connectivity index is 0.982. The Labute approximate surface area is 338 Å². The largest absolute Gasteiger partial charge is 0.309 e. The zero-order valence-corrected chi connectivity index (χ0v) is 32.4. The molecule has 0 amide bonds. The van der Waals surface area contributed by atoms with Crippen LogP contribution in [0.25, 0.3) is 90.6 Å². The summed E-state index contributed by atoms with van der Waals surface area (Å²) in [5, 5.41) is 17.2. The molecule has 0 spiro atoms. The number of para-hydroxylation sites is 1. The summed E-state index contributed by atoms with van der Waals surface area (Å²) in [5.74, 6) is 0. The van der Waals surface area contributed by atoms with Crippen LogP contribution >= 0.6 is 22.7 Å². The van der Waals surface area contributed by atoms with E-state index in [2.05, 4.69) is 193 Å². The minimum absolute atomic E-state index is 0.459. The second kappa shape index (κ2) is 13.7. The van der Waals surface area contributed by atoms with Crippen molar-refractivity contribution in [1.29, 1.82) is 5.41 Å². The smallest absolute Gasteiger partial charge is 0.0618 e. The van der Waals surface area contributed by atoms with Gasteiger partial charge in [0, 0.05) is 56.8 Å². The maximum atomic E-state index is 9.42. The standard InChI is InChI=1S/C53H34N2S2/c54-46(36-24-26-40(27-25-36)55-47-18-7-4-17-45(47)52-48(55)30-29-44-42-16-6-9-20-50(42)57-53(44)52)33-39(38-14-10-13-37(32-38)35-11-2-1-3-12-35)23-21-34-22-28-43-41-15-5-8-19-49(41)56-51(43)31-34/h1-33,54H/b23-21+,39-33+,54-46?. The van der Waals surface area contributed by atoms with E-state index >= 15 is 0 Å². The average Bonchev–Trinajstić information content (AvgIpc) is 3.95. The van der Waals surface area contributed by atoms with Gasteiger partial charge in [-0.05, 0) is 88.0 Å². The lowest BCUT2D eigenvalue weighted by molar-refractivity contribution is 1.18. The van der Waals surface area contributed by atoms with Crippen molar-refractivity contribution in [2.75, 3.05) is 0 Å². The fourth-order valence-corrected chi connectivity index (χ4v) is 10.7. The number of nitrogens with one attached hydrogen (secondary N) is 1.